The van der Waals surface area contributed by atoms with E-state index < -0.39 is 6.04 Å². The molecule has 1 N–H and O–H groups in total. The van der Waals surface area contributed by atoms with Gasteiger partial charge in [0.2, 0.25) is 0 Å². The van der Waals surface area contributed by atoms with Crippen molar-refractivity contribution < 1.29 is 14.6 Å². The van der Waals surface area contributed by atoms with Crippen LogP contribution in [0.4, 0.5) is 0 Å². The number of carbonyl (C=O) groups is 1. The maximum Gasteiger partial charge on any atom is 0.330 e. The Kier molecular flexibility index (Phi) is 3.85. The highest BCUT2D eigenvalue weighted by Crippen LogP contribution is 2.08. The van der Waals surface area contributed by atoms with E-state index in [0.29, 0.717) is 0 Å². The highest BCUT2D eigenvalue weighted by atomic mass is 16.5. The number of hydrogen-bond donors (Lipinski definition) is 1. The molecule has 0 aliphatic carbocycles. The van der Waals surface area contributed by atoms with Gasteiger partial charge >= 0.3 is 5.97 Å². The Balaban J connectivity index is 2.65. The van der Waals surface area contributed by atoms with Gasteiger partial charge in [0.05, 0.1) is 7.11 Å². The summed E-state index contributed by atoms with van der Waals surface area (Å²) in [6, 6.07) is 6.03. The first-order chi connectivity index (χ1) is 7.13. The quantitative estimate of drug-likeness (QED) is 0.601. The monoisotopic (exact) mass is 207 g/mol. The Morgan fingerprint density at radius 1 is 1.47 bits per heavy atom. The van der Waals surface area contributed by atoms with Gasteiger partial charge in [-0.3, -0.25) is 4.99 Å². The van der Waals surface area contributed by atoms with Crippen LogP contribution in [0, 0.1) is 0 Å². The average molecular weight is 207 g/mol. The van der Waals surface area contributed by atoms with Crippen molar-refractivity contribution in [2.75, 3.05) is 7.11 Å². The van der Waals surface area contributed by atoms with Gasteiger partial charge in [0.1, 0.15) is 11.8 Å². The van der Waals surface area contributed by atoms with E-state index in [1.165, 1.54) is 7.11 Å². The third-order valence-electron chi connectivity index (χ3n) is 1.88. The summed E-state index contributed by atoms with van der Waals surface area (Å²) in [7, 11) is 1.33. The van der Waals surface area contributed by atoms with E-state index in [2.05, 4.69) is 9.73 Å². The zero-order chi connectivity index (χ0) is 11.3. The first kappa shape index (κ1) is 11.2. The Morgan fingerprint density at radius 3 is 2.60 bits per heavy atom. The predicted molar refractivity (Wildman–Crippen MR) is 57.2 cm³/mol. The lowest BCUT2D eigenvalue weighted by Gasteiger charge is -2.02. The van der Waals surface area contributed by atoms with Crippen molar-refractivity contribution in [3.8, 4) is 5.75 Å². The topological polar surface area (TPSA) is 58.9 Å². The van der Waals surface area contributed by atoms with Crippen LogP contribution >= 0.6 is 0 Å². The number of phenols is 1. The molecule has 0 heterocycles. The summed E-state index contributed by atoms with van der Waals surface area (Å²) in [5.74, 6) is -0.168. The van der Waals surface area contributed by atoms with E-state index in [1.807, 2.05) is 0 Å². The molecule has 15 heavy (non-hydrogen) atoms. The molecule has 0 unspecified atom stereocenters. The highest BCUT2D eigenvalue weighted by molar-refractivity contribution is 5.83. The summed E-state index contributed by atoms with van der Waals surface area (Å²) < 4.78 is 4.53. The Bertz CT molecular complexity index is 357. The van der Waals surface area contributed by atoms with Crippen molar-refractivity contribution >= 4 is 12.2 Å². The number of aliphatic imine (C=N–C) groups is 1. The predicted octanol–water partition coefficient (Wildman–Crippen LogP) is 1.37. The summed E-state index contributed by atoms with van der Waals surface area (Å²) in [6.07, 6.45) is 1.57. The van der Waals surface area contributed by atoms with Crippen molar-refractivity contribution in [3.63, 3.8) is 0 Å². The van der Waals surface area contributed by atoms with Gasteiger partial charge in [0, 0.05) is 6.21 Å². The number of aromatic hydroxyl groups is 1. The number of phenolic OH excluding ortho intramolecular Hbond substituents is 1. The Hall–Kier alpha value is -1.84. The molecule has 80 valence electrons. The fourth-order valence-corrected chi connectivity index (χ4v) is 0.990. The zero-order valence-electron chi connectivity index (χ0n) is 8.68. The first-order valence-corrected chi connectivity index (χ1v) is 4.53. The standard InChI is InChI=1S/C11H13NO3/c1-8(11(14)15-2)12-7-9-3-5-10(13)6-4-9/h3-8,13H,1-2H3/t8-/m0/s1. The van der Waals surface area contributed by atoms with Crippen molar-refractivity contribution in [1.82, 2.24) is 0 Å². The van der Waals surface area contributed by atoms with Crippen LogP contribution in [0.5, 0.6) is 5.75 Å². The molecule has 1 aromatic carbocycles. The molecule has 1 aromatic rings. The molecule has 0 radical (unpaired) electrons. The number of benzene rings is 1. The van der Waals surface area contributed by atoms with Gasteiger partial charge in [-0.25, -0.2) is 4.79 Å². The number of ether oxygens (including phenoxy) is 1. The second-order valence-electron chi connectivity index (χ2n) is 3.07. The molecule has 0 aromatic heterocycles. The molecule has 0 saturated heterocycles. The molecule has 0 amide bonds. The van der Waals surface area contributed by atoms with Crippen molar-refractivity contribution in [2.24, 2.45) is 4.99 Å². The third kappa shape index (κ3) is 3.42. The minimum atomic E-state index is -0.510. The van der Waals surface area contributed by atoms with Gasteiger partial charge in [-0.2, -0.15) is 0 Å². The van der Waals surface area contributed by atoms with E-state index in [1.54, 1.807) is 37.4 Å². The Labute approximate surface area is 88.2 Å². The summed E-state index contributed by atoms with van der Waals surface area (Å²) >= 11 is 0. The highest BCUT2D eigenvalue weighted by Gasteiger charge is 2.09. The van der Waals surface area contributed by atoms with Crippen LogP contribution < -0.4 is 0 Å². The van der Waals surface area contributed by atoms with Crippen LogP contribution in [0.15, 0.2) is 29.3 Å². The van der Waals surface area contributed by atoms with Gasteiger partial charge in [0.25, 0.3) is 0 Å². The fourth-order valence-electron chi connectivity index (χ4n) is 0.990. The zero-order valence-corrected chi connectivity index (χ0v) is 8.68. The minimum absolute atomic E-state index is 0.202. The van der Waals surface area contributed by atoms with E-state index in [4.69, 9.17) is 5.11 Å². The molecule has 0 bridgehead atoms. The van der Waals surface area contributed by atoms with E-state index >= 15 is 0 Å². The summed E-state index contributed by atoms with van der Waals surface area (Å²) in [5, 5.41) is 9.04. The van der Waals surface area contributed by atoms with E-state index in [-0.39, 0.29) is 11.7 Å². The van der Waals surface area contributed by atoms with Crippen LogP contribution in [0.2, 0.25) is 0 Å². The van der Waals surface area contributed by atoms with Gasteiger partial charge in [-0.15, -0.1) is 0 Å². The number of carbonyl (C=O) groups excluding carboxylic acids is 1. The summed E-state index contributed by atoms with van der Waals surface area (Å²) in [5.41, 5.74) is 0.823. The van der Waals surface area contributed by atoms with Gasteiger partial charge in [0.15, 0.2) is 0 Å². The smallest absolute Gasteiger partial charge is 0.330 e. The first-order valence-electron chi connectivity index (χ1n) is 4.53. The summed E-state index contributed by atoms with van der Waals surface area (Å²) in [4.78, 5) is 15.0. The molecule has 1 atom stereocenters. The number of esters is 1. The minimum Gasteiger partial charge on any atom is -0.508 e. The maximum atomic E-state index is 11.0. The molecule has 0 saturated carbocycles. The number of rotatable bonds is 3. The van der Waals surface area contributed by atoms with E-state index in [0.717, 1.165) is 5.56 Å². The number of nitrogens with zero attached hydrogens (tertiary/aromatic N) is 1. The lowest BCUT2D eigenvalue weighted by Crippen LogP contribution is -2.16. The fraction of sp³-hybridized carbons (Fsp3) is 0.273. The normalized spacial score (nSPS) is 12.7. The van der Waals surface area contributed by atoms with Crippen molar-refractivity contribution in [2.45, 2.75) is 13.0 Å². The molecule has 4 nitrogen and oxygen atoms in total. The SMILES string of the molecule is COC(=O)[C@H](C)N=Cc1ccc(O)cc1. The van der Waals surface area contributed by atoms with Gasteiger partial charge in [-0.05, 0) is 36.8 Å². The van der Waals surface area contributed by atoms with Crippen LogP contribution in [0.3, 0.4) is 0 Å². The van der Waals surface area contributed by atoms with Crippen LogP contribution in [-0.2, 0) is 9.53 Å². The maximum absolute atomic E-state index is 11.0. The molecule has 4 heteroatoms. The molecular weight excluding hydrogens is 194 g/mol. The second-order valence-corrected chi connectivity index (χ2v) is 3.07. The molecule has 0 aliphatic rings. The lowest BCUT2D eigenvalue weighted by atomic mass is 10.2. The Morgan fingerprint density at radius 2 is 2.07 bits per heavy atom. The molecule has 0 aliphatic heterocycles. The number of methoxy groups -OCH3 is 1. The van der Waals surface area contributed by atoms with Gasteiger partial charge in [-0.1, -0.05) is 0 Å². The largest absolute Gasteiger partial charge is 0.508 e. The van der Waals surface area contributed by atoms with Gasteiger partial charge < -0.3 is 9.84 Å². The molecule has 0 spiro atoms. The van der Waals surface area contributed by atoms with Crippen LogP contribution in [0.25, 0.3) is 0 Å². The van der Waals surface area contributed by atoms with Crippen molar-refractivity contribution in [3.05, 3.63) is 29.8 Å². The number of hydrogen-bond acceptors (Lipinski definition) is 4. The third-order valence-corrected chi connectivity index (χ3v) is 1.88. The summed E-state index contributed by atoms with van der Waals surface area (Å²) in [6.45, 7) is 1.66. The second kappa shape index (κ2) is 5.14. The average Bonchev–Trinajstić information content (AvgIpc) is 2.26. The molecule has 1 rings (SSSR count). The van der Waals surface area contributed by atoms with Crippen LogP contribution in [-0.4, -0.2) is 30.4 Å². The van der Waals surface area contributed by atoms with Crippen molar-refractivity contribution in [1.29, 1.82) is 0 Å². The van der Waals surface area contributed by atoms with Crippen LogP contribution in [0.1, 0.15) is 12.5 Å². The molecular formula is C11H13NO3. The lowest BCUT2D eigenvalue weighted by molar-refractivity contribution is -0.141. The molecule has 0 fully saturated rings. The van der Waals surface area contributed by atoms with E-state index in [9.17, 15) is 4.79 Å².